The Morgan fingerprint density at radius 2 is 2.18 bits per heavy atom. The highest BCUT2D eigenvalue weighted by Gasteiger charge is 2.07. The molecule has 1 aromatic heterocycles. The quantitative estimate of drug-likeness (QED) is 0.513. The SMILES string of the molecule is COCCCS(=O)CCCC(=O)c1cccs1. The van der Waals surface area contributed by atoms with Gasteiger partial charge < -0.3 is 4.74 Å². The Morgan fingerprint density at radius 1 is 1.41 bits per heavy atom. The van der Waals surface area contributed by atoms with Crippen molar-refractivity contribution in [3.05, 3.63) is 22.4 Å². The normalized spacial score (nSPS) is 12.5. The summed E-state index contributed by atoms with van der Waals surface area (Å²) in [6, 6.07) is 3.71. The highest BCUT2D eigenvalue weighted by molar-refractivity contribution is 7.84. The summed E-state index contributed by atoms with van der Waals surface area (Å²) in [5.74, 6) is 1.44. The molecule has 0 amide bonds. The van der Waals surface area contributed by atoms with Crippen LogP contribution in [0.5, 0.6) is 0 Å². The van der Waals surface area contributed by atoms with Gasteiger partial charge in [0.05, 0.1) is 4.88 Å². The Labute approximate surface area is 109 Å². The Morgan fingerprint density at radius 3 is 2.82 bits per heavy atom. The Balaban J connectivity index is 2.11. The van der Waals surface area contributed by atoms with Crippen molar-refractivity contribution in [3.63, 3.8) is 0 Å². The predicted octanol–water partition coefficient (Wildman–Crippen LogP) is 2.50. The summed E-state index contributed by atoms with van der Waals surface area (Å²) in [6.45, 7) is 0.653. The van der Waals surface area contributed by atoms with Crippen LogP contribution in [0.15, 0.2) is 17.5 Å². The van der Waals surface area contributed by atoms with Crippen LogP contribution in [0.25, 0.3) is 0 Å². The number of thiophene rings is 1. The van der Waals surface area contributed by atoms with Gasteiger partial charge in [-0.1, -0.05) is 6.07 Å². The third-order valence-corrected chi connectivity index (χ3v) is 4.69. The van der Waals surface area contributed by atoms with Gasteiger partial charge in [-0.2, -0.15) is 0 Å². The van der Waals surface area contributed by atoms with E-state index in [9.17, 15) is 9.00 Å². The van der Waals surface area contributed by atoms with E-state index in [4.69, 9.17) is 4.74 Å². The monoisotopic (exact) mass is 274 g/mol. The Bertz CT molecular complexity index is 347. The van der Waals surface area contributed by atoms with E-state index in [1.807, 2.05) is 17.5 Å². The van der Waals surface area contributed by atoms with Crippen LogP contribution in [-0.4, -0.2) is 35.2 Å². The van der Waals surface area contributed by atoms with Gasteiger partial charge in [-0.25, -0.2) is 0 Å². The number of carbonyl (C=O) groups is 1. The highest BCUT2D eigenvalue weighted by atomic mass is 32.2. The van der Waals surface area contributed by atoms with Crippen molar-refractivity contribution < 1.29 is 13.7 Å². The van der Waals surface area contributed by atoms with Gasteiger partial charge in [-0.05, 0) is 24.3 Å². The van der Waals surface area contributed by atoms with E-state index >= 15 is 0 Å². The van der Waals surface area contributed by atoms with Crippen molar-refractivity contribution in [1.29, 1.82) is 0 Å². The summed E-state index contributed by atoms with van der Waals surface area (Å²) in [6.07, 6.45) is 2.02. The number of ether oxygens (including phenoxy) is 1. The van der Waals surface area contributed by atoms with E-state index in [0.29, 0.717) is 31.0 Å². The van der Waals surface area contributed by atoms with Crippen LogP contribution in [0.1, 0.15) is 28.9 Å². The topological polar surface area (TPSA) is 43.4 Å². The lowest BCUT2D eigenvalue weighted by Gasteiger charge is -2.01. The first-order valence-corrected chi connectivity index (χ1v) is 8.01. The lowest BCUT2D eigenvalue weighted by Crippen LogP contribution is -2.07. The minimum absolute atomic E-state index is 0.161. The zero-order valence-corrected chi connectivity index (χ0v) is 11.6. The fourth-order valence-electron chi connectivity index (χ4n) is 1.42. The Hall–Kier alpha value is -0.520. The molecule has 0 fully saturated rings. The fourth-order valence-corrected chi connectivity index (χ4v) is 3.23. The van der Waals surface area contributed by atoms with Crippen LogP contribution in [0.2, 0.25) is 0 Å². The number of carbonyl (C=O) groups excluding carboxylic acids is 1. The lowest BCUT2D eigenvalue weighted by atomic mass is 10.2. The van der Waals surface area contributed by atoms with Crippen LogP contribution in [0, 0.1) is 0 Å². The van der Waals surface area contributed by atoms with Gasteiger partial charge in [-0.3, -0.25) is 9.00 Å². The molecule has 0 aliphatic heterocycles. The van der Waals surface area contributed by atoms with Crippen molar-refractivity contribution in [1.82, 2.24) is 0 Å². The lowest BCUT2D eigenvalue weighted by molar-refractivity contribution is 0.0986. The molecule has 5 heteroatoms. The number of methoxy groups -OCH3 is 1. The average Bonchev–Trinajstić information content (AvgIpc) is 2.82. The molecule has 0 spiro atoms. The molecular weight excluding hydrogens is 256 g/mol. The van der Waals surface area contributed by atoms with E-state index in [1.165, 1.54) is 11.3 Å². The molecule has 1 atom stereocenters. The van der Waals surface area contributed by atoms with Gasteiger partial charge in [0.2, 0.25) is 0 Å². The molecule has 1 rings (SSSR count). The minimum Gasteiger partial charge on any atom is -0.385 e. The largest absolute Gasteiger partial charge is 0.385 e. The summed E-state index contributed by atoms with van der Waals surface area (Å²) in [4.78, 5) is 12.4. The molecule has 0 aliphatic rings. The summed E-state index contributed by atoms with van der Waals surface area (Å²) in [5.41, 5.74) is 0. The van der Waals surface area contributed by atoms with Crippen molar-refractivity contribution in [3.8, 4) is 0 Å². The van der Waals surface area contributed by atoms with Crippen LogP contribution < -0.4 is 0 Å². The molecule has 0 aromatic carbocycles. The van der Waals surface area contributed by atoms with Crippen molar-refractivity contribution in [2.24, 2.45) is 0 Å². The second-order valence-corrected chi connectivity index (χ2v) is 6.34. The summed E-state index contributed by atoms with van der Waals surface area (Å²) < 4.78 is 16.4. The van der Waals surface area contributed by atoms with Crippen LogP contribution >= 0.6 is 11.3 Å². The minimum atomic E-state index is -0.814. The van der Waals surface area contributed by atoms with Crippen LogP contribution in [0.3, 0.4) is 0 Å². The molecule has 0 N–H and O–H groups in total. The smallest absolute Gasteiger partial charge is 0.172 e. The van der Waals surface area contributed by atoms with Gasteiger partial charge in [0.15, 0.2) is 5.78 Å². The number of rotatable bonds is 9. The summed E-state index contributed by atoms with van der Waals surface area (Å²) in [7, 11) is 0.828. The van der Waals surface area contributed by atoms with Gasteiger partial charge >= 0.3 is 0 Å². The first kappa shape index (κ1) is 14.5. The summed E-state index contributed by atoms with van der Waals surface area (Å²) in [5, 5.41) is 1.90. The predicted molar refractivity (Wildman–Crippen MR) is 72.3 cm³/mol. The maximum Gasteiger partial charge on any atom is 0.172 e. The average molecular weight is 274 g/mol. The molecule has 1 unspecified atom stereocenters. The zero-order chi connectivity index (χ0) is 12.5. The zero-order valence-electron chi connectivity index (χ0n) is 10.0. The molecule has 0 aliphatic carbocycles. The summed E-state index contributed by atoms with van der Waals surface area (Å²) >= 11 is 1.46. The Kier molecular flexibility index (Phi) is 7.32. The molecule has 96 valence electrons. The molecule has 1 aromatic rings. The third kappa shape index (κ3) is 6.10. The molecule has 3 nitrogen and oxygen atoms in total. The number of ketones is 1. The van der Waals surface area contributed by atoms with Crippen molar-refractivity contribution in [2.75, 3.05) is 25.2 Å². The molecule has 0 bridgehead atoms. The molecule has 0 radical (unpaired) electrons. The first-order valence-electron chi connectivity index (χ1n) is 5.64. The van der Waals surface area contributed by atoms with Crippen molar-refractivity contribution >= 4 is 27.9 Å². The maximum atomic E-state index is 11.6. The second kappa shape index (κ2) is 8.55. The standard InChI is InChI=1S/C12H18O3S2/c1-15-7-4-10-17(14)9-3-5-11(13)12-6-2-8-16-12/h2,6,8H,3-5,7,9-10H2,1H3. The van der Waals surface area contributed by atoms with Gasteiger partial charge in [-0.15, -0.1) is 11.3 Å². The van der Waals surface area contributed by atoms with E-state index in [0.717, 1.165) is 11.3 Å². The molecule has 0 saturated carbocycles. The van der Waals surface area contributed by atoms with Crippen molar-refractivity contribution in [2.45, 2.75) is 19.3 Å². The maximum absolute atomic E-state index is 11.6. The molecule has 1 heterocycles. The first-order chi connectivity index (χ1) is 8.24. The van der Waals surface area contributed by atoms with E-state index < -0.39 is 10.8 Å². The van der Waals surface area contributed by atoms with E-state index in [-0.39, 0.29) is 5.78 Å². The number of hydrogen-bond donors (Lipinski definition) is 0. The van der Waals surface area contributed by atoms with Gasteiger partial charge in [0.1, 0.15) is 0 Å². The molecule has 17 heavy (non-hydrogen) atoms. The van der Waals surface area contributed by atoms with Gasteiger partial charge in [0.25, 0.3) is 0 Å². The van der Waals surface area contributed by atoms with E-state index in [1.54, 1.807) is 7.11 Å². The van der Waals surface area contributed by atoms with Gasteiger partial charge in [0, 0.05) is 42.4 Å². The number of hydrogen-bond acceptors (Lipinski definition) is 4. The highest BCUT2D eigenvalue weighted by Crippen LogP contribution is 2.12. The third-order valence-electron chi connectivity index (χ3n) is 2.29. The number of Topliss-reactive ketones (excluding diaryl/α,β-unsaturated/α-hetero) is 1. The molecular formula is C12H18O3S2. The van der Waals surface area contributed by atoms with Crippen LogP contribution in [0.4, 0.5) is 0 Å². The van der Waals surface area contributed by atoms with E-state index in [2.05, 4.69) is 0 Å². The van der Waals surface area contributed by atoms with Crippen LogP contribution in [-0.2, 0) is 15.5 Å². The molecule has 0 saturated heterocycles. The fraction of sp³-hybridized carbons (Fsp3) is 0.583. The second-order valence-electron chi connectivity index (χ2n) is 3.70.